The Morgan fingerprint density at radius 1 is 1.30 bits per heavy atom. The number of anilines is 1. The Hall–Kier alpha value is -1.56. The normalized spacial score (nSPS) is 20.9. The molecule has 1 unspecified atom stereocenters. The highest BCUT2D eigenvalue weighted by atomic mass is 15.4. The van der Waals surface area contributed by atoms with Crippen LogP contribution in [-0.2, 0) is 6.54 Å². The molecule has 110 valence electrons. The van der Waals surface area contributed by atoms with Crippen molar-refractivity contribution in [3.8, 4) is 0 Å². The summed E-state index contributed by atoms with van der Waals surface area (Å²) >= 11 is 0. The largest absolute Gasteiger partial charge is 0.369 e. The van der Waals surface area contributed by atoms with E-state index in [1.807, 2.05) is 11.6 Å². The van der Waals surface area contributed by atoms with E-state index in [0.717, 1.165) is 36.5 Å². The lowest BCUT2D eigenvalue weighted by atomic mass is 10.1. The predicted octanol–water partition coefficient (Wildman–Crippen LogP) is 1.80. The highest BCUT2D eigenvalue weighted by Gasteiger charge is 2.26. The van der Waals surface area contributed by atoms with Gasteiger partial charge in [-0.25, -0.2) is 9.67 Å². The van der Waals surface area contributed by atoms with E-state index in [4.69, 9.17) is 5.73 Å². The molecule has 0 aliphatic carbocycles. The van der Waals surface area contributed by atoms with E-state index in [2.05, 4.69) is 33.4 Å². The molecule has 0 bridgehead atoms. The van der Waals surface area contributed by atoms with Gasteiger partial charge in [0, 0.05) is 13.1 Å². The summed E-state index contributed by atoms with van der Waals surface area (Å²) < 4.78 is 4.24. The average Bonchev–Trinajstić information content (AvgIpc) is 2.95. The van der Waals surface area contributed by atoms with Gasteiger partial charge in [0.05, 0.1) is 11.7 Å². The van der Waals surface area contributed by atoms with Gasteiger partial charge in [-0.2, -0.15) is 5.10 Å². The number of hydrogen-bond acceptors (Lipinski definition) is 4. The highest BCUT2D eigenvalue weighted by molar-refractivity contribution is 5.77. The Labute approximate surface area is 119 Å². The fourth-order valence-electron chi connectivity index (χ4n) is 3.32. The number of nitrogens with zero attached hydrogens (tertiary/aromatic N) is 5. The Morgan fingerprint density at radius 3 is 2.80 bits per heavy atom. The Kier molecular flexibility index (Phi) is 3.41. The summed E-state index contributed by atoms with van der Waals surface area (Å²) in [6, 6.07) is 0.412. The van der Waals surface area contributed by atoms with Gasteiger partial charge in [-0.15, -0.1) is 0 Å². The quantitative estimate of drug-likeness (QED) is 0.928. The maximum Gasteiger partial charge on any atom is 0.202 e. The number of aromatic nitrogens is 4. The van der Waals surface area contributed by atoms with Crippen LogP contribution in [0.2, 0.25) is 0 Å². The molecule has 3 rings (SSSR count). The minimum atomic E-state index is 0.412. The topological polar surface area (TPSA) is 64.9 Å². The molecule has 1 atom stereocenters. The van der Waals surface area contributed by atoms with Crippen molar-refractivity contribution in [3.63, 3.8) is 0 Å². The van der Waals surface area contributed by atoms with Crippen LogP contribution in [0.5, 0.6) is 0 Å². The second-order valence-electron chi connectivity index (χ2n) is 5.60. The number of hydrogen-bond donors (Lipinski definition) is 1. The van der Waals surface area contributed by atoms with E-state index >= 15 is 0 Å². The van der Waals surface area contributed by atoms with Gasteiger partial charge < -0.3 is 10.6 Å². The molecule has 0 saturated carbocycles. The lowest BCUT2D eigenvalue weighted by Crippen LogP contribution is -2.36. The van der Waals surface area contributed by atoms with Crippen LogP contribution < -0.4 is 5.73 Å². The first kappa shape index (κ1) is 13.4. The van der Waals surface area contributed by atoms with E-state index in [-0.39, 0.29) is 0 Å². The predicted molar refractivity (Wildman–Crippen MR) is 80.7 cm³/mol. The molecule has 6 nitrogen and oxygen atoms in total. The Morgan fingerprint density at radius 2 is 2.10 bits per heavy atom. The summed E-state index contributed by atoms with van der Waals surface area (Å²) in [5, 5.41) is 4.57. The van der Waals surface area contributed by atoms with Crippen LogP contribution >= 0.6 is 0 Å². The fraction of sp³-hybridized carbons (Fsp3) is 0.714. The zero-order valence-corrected chi connectivity index (χ0v) is 12.6. The first-order valence-corrected chi connectivity index (χ1v) is 7.58. The first-order chi connectivity index (χ1) is 9.65. The maximum absolute atomic E-state index is 6.20. The standard InChI is InChI=1S/C14H24N6/c1-4-18-8-6-7-11(9-18)20-13-12(16-14(20)15)10(3)17-19(13)5-2/h11H,4-9H2,1-3H3,(H2,15,16). The lowest BCUT2D eigenvalue weighted by molar-refractivity contribution is 0.188. The number of imidazole rings is 1. The van der Waals surface area contributed by atoms with Gasteiger partial charge in [0.2, 0.25) is 5.95 Å². The number of likely N-dealkylation sites (tertiary alicyclic amines) is 1. The van der Waals surface area contributed by atoms with Crippen molar-refractivity contribution in [1.82, 2.24) is 24.2 Å². The Balaban J connectivity index is 2.08. The second kappa shape index (κ2) is 5.09. The van der Waals surface area contributed by atoms with Crippen LogP contribution in [0, 0.1) is 6.92 Å². The van der Waals surface area contributed by atoms with Crippen LogP contribution in [0.1, 0.15) is 38.4 Å². The molecule has 6 heteroatoms. The van der Waals surface area contributed by atoms with Crippen molar-refractivity contribution in [2.75, 3.05) is 25.4 Å². The monoisotopic (exact) mass is 276 g/mol. The lowest BCUT2D eigenvalue weighted by Gasteiger charge is -2.33. The number of aryl methyl sites for hydroxylation is 2. The molecule has 2 aromatic rings. The second-order valence-corrected chi connectivity index (χ2v) is 5.60. The van der Waals surface area contributed by atoms with Gasteiger partial charge in [0.25, 0.3) is 0 Å². The summed E-state index contributed by atoms with van der Waals surface area (Å²) in [7, 11) is 0. The third-order valence-corrected chi connectivity index (χ3v) is 4.36. The molecular formula is C14H24N6. The average molecular weight is 276 g/mol. The molecule has 0 radical (unpaired) electrons. The molecular weight excluding hydrogens is 252 g/mol. The molecule has 1 aliphatic rings. The fourth-order valence-corrected chi connectivity index (χ4v) is 3.32. The summed E-state index contributed by atoms with van der Waals surface area (Å²) in [5.41, 5.74) is 9.21. The number of rotatable bonds is 3. The highest BCUT2D eigenvalue weighted by Crippen LogP contribution is 2.30. The van der Waals surface area contributed by atoms with Crippen molar-refractivity contribution < 1.29 is 0 Å². The zero-order valence-electron chi connectivity index (χ0n) is 12.6. The van der Waals surface area contributed by atoms with E-state index in [0.29, 0.717) is 12.0 Å². The van der Waals surface area contributed by atoms with Crippen molar-refractivity contribution in [1.29, 1.82) is 0 Å². The molecule has 0 aromatic carbocycles. The smallest absolute Gasteiger partial charge is 0.202 e. The number of nitrogens with two attached hydrogens (primary N) is 1. The minimum absolute atomic E-state index is 0.412. The Bertz CT molecular complexity index is 611. The van der Waals surface area contributed by atoms with E-state index in [1.165, 1.54) is 19.4 Å². The minimum Gasteiger partial charge on any atom is -0.369 e. The van der Waals surface area contributed by atoms with Crippen molar-refractivity contribution in [3.05, 3.63) is 5.69 Å². The molecule has 1 aliphatic heterocycles. The van der Waals surface area contributed by atoms with Gasteiger partial charge >= 0.3 is 0 Å². The molecule has 0 spiro atoms. The number of fused-ring (bicyclic) bond motifs is 1. The van der Waals surface area contributed by atoms with Gasteiger partial charge in [0.1, 0.15) is 5.52 Å². The zero-order chi connectivity index (χ0) is 14.3. The molecule has 3 heterocycles. The summed E-state index contributed by atoms with van der Waals surface area (Å²) in [4.78, 5) is 7.03. The van der Waals surface area contributed by atoms with Gasteiger partial charge in [-0.3, -0.25) is 4.57 Å². The van der Waals surface area contributed by atoms with Crippen LogP contribution in [0.4, 0.5) is 5.95 Å². The third-order valence-electron chi connectivity index (χ3n) is 4.36. The third kappa shape index (κ3) is 1.98. The number of piperidine rings is 1. The summed E-state index contributed by atoms with van der Waals surface area (Å²) in [6.07, 6.45) is 2.39. The molecule has 2 N–H and O–H groups in total. The van der Waals surface area contributed by atoms with Crippen LogP contribution in [-0.4, -0.2) is 43.9 Å². The maximum atomic E-state index is 6.20. The van der Waals surface area contributed by atoms with E-state index in [9.17, 15) is 0 Å². The van der Waals surface area contributed by atoms with Crippen molar-refractivity contribution >= 4 is 17.1 Å². The molecule has 0 amide bonds. The molecule has 2 aromatic heterocycles. The molecule has 1 fully saturated rings. The SMILES string of the molecule is CCN1CCCC(n2c(N)nc3c(C)nn(CC)c32)C1. The first-order valence-electron chi connectivity index (χ1n) is 7.58. The molecule has 1 saturated heterocycles. The van der Waals surface area contributed by atoms with Crippen molar-refractivity contribution in [2.24, 2.45) is 0 Å². The summed E-state index contributed by atoms with van der Waals surface area (Å²) in [5.74, 6) is 0.630. The van der Waals surface area contributed by atoms with Crippen molar-refractivity contribution in [2.45, 2.75) is 46.2 Å². The van der Waals surface area contributed by atoms with Gasteiger partial charge in [0.15, 0.2) is 5.65 Å². The van der Waals surface area contributed by atoms with Crippen LogP contribution in [0.15, 0.2) is 0 Å². The van der Waals surface area contributed by atoms with E-state index < -0.39 is 0 Å². The van der Waals surface area contributed by atoms with Crippen LogP contribution in [0.3, 0.4) is 0 Å². The number of likely N-dealkylation sites (N-methyl/N-ethyl adjacent to an activating group) is 1. The van der Waals surface area contributed by atoms with E-state index in [1.54, 1.807) is 0 Å². The summed E-state index contributed by atoms with van der Waals surface area (Å²) in [6.45, 7) is 10.5. The number of nitrogen functional groups attached to an aromatic ring is 1. The van der Waals surface area contributed by atoms with Crippen LogP contribution in [0.25, 0.3) is 11.2 Å². The van der Waals surface area contributed by atoms with Gasteiger partial charge in [-0.05, 0) is 39.8 Å². The molecule has 20 heavy (non-hydrogen) atoms. The van der Waals surface area contributed by atoms with Gasteiger partial charge in [-0.1, -0.05) is 6.92 Å².